The van der Waals surface area contributed by atoms with Gasteiger partial charge in [-0.25, -0.2) is 0 Å². The van der Waals surface area contributed by atoms with Gasteiger partial charge < -0.3 is 29.5 Å². The summed E-state index contributed by atoms with van der Waals surface area (Å²) in [5.41, 5.74) is 0.840. The molecular formula is C13H16O6. The summed E-state index contributed by atoms with van der Waals surface area (Å²) in [7, 11) is 0. The Hall–Kier alpha value is -1.02. The summed E-state index contributed by atoms with van der Waals surface area (Å²) >= 11 is 0. The molecule has 2 aliphatic rings. The Morgan fingerprint density at radius 2 is 1.84 bits per heavy atom. The molecule has 0 unspecified atom stereocenters. The lowest BCUT2D eigenvalue weighted by molar-refractivity contribution is -0.191. The maximum Gasteiger partial charge on any atom is 0.190 e. The molecule has 104 valence electrons. The lowest BCUT2D eigenvalue weighted by Crippen LogP contribution is -2.41. The minimum Gasteiger partial charge on any atom is -0.394 e. The number of rotatable bonds is 3. The first kappa shape index (κ1) is 13.0. The molecular weight excluding hydrogens is 252 g/mol. The van der Waals surface area contributed by atoms with Gasteiger partial charge in [-0.1, -0.05) is 30.3 Å². The Balaban J connectivity index is 1.69. The van der Waals surface area contributed by atoms with Crippen molar-refractivity contribution in [1.82, 2.24) is 0 Å². The zero-order valence-electron chi connectivity index (χ0n) is 10.1. The molecule has 1 aromatic rings. The van der Waals surface area contributed by atoms with Gasteiger partial charge in [0.2, 0.25) is 0 Å². The molecule has 6 heteroatoms. The molecule has 0 bridgehead atoms. The van der Waals surface area contributed by atoms with Gasteiger partial charge in [0.25, 0.3) is 0 Å². The van der Waals surface area contributed by atoms with Crippen molar-refractivity contribution in [1.29, 1.82) is 0 Å². The smallest absolute Gasteiger partial charge is 0.190 e. The highest BCUT2D eigenvalue weighted by Gasteiger charge is 2.53. The van der Waals surface area contributed by atoms with E-state index in [1.807, 2.05) is 30.3 Å². The number of ether oxygens (including phenoxy) is 3. The van der Waals surface area contributed by atoms with Crippen LogP contribution in [0.15, 0.2) is 30.3 Å². The van der Waals surface area contributed by atoms with Gasteiger partial charge in [0.15, 0.2) is 12.6 Å². The third-order valence-electron chi connectivity index (χ3n) is 3.41. The van der Waals surface area contributed by atoms with Crippen LogP contribution in [0.1, 0.15) is 11.9 Å². The number of aliphatic hydroxyl groups excluding tert-OH is 3. The molecule has 2 saturated heterocycles. The van der Waals surface area contributed by atoms with Crippen molar-refractivity contribution in [2.75, 3.05) is 6.61 Å². The number of fused-ring (bicyclic) bond motifs is 1. The molecule has 6 atom stereocenters. The Morgan fingerprint density at radius 1 is 1.11 bits per heavy atom. The van der Waals surface area contributed by atoms with Gasteiger partial charge in [0.1, 0.15) is 24.4 Å². The van der Waals surface area contributed by atoms with Gasteiger partial charge in [0, 0.05) is 5.56 Å². The lowest BCUT2D eigenvalue weighted by Gasteiger charge is -2.22. The van der Waals surface area contributed by atoms with E-state index < -0.39 is 43.6 Å². The second-order valence-corrected chi connectivity index (χ2v) is 4.69. The van der Waals surface area contributed by atoms with E-state index in [0.29, 0.717) is 0 Å². The molecule has 2 heterocycles. The third-order valence-corrected chi connectivity index (χ3v) is 3.41. The van der Waals surface area contributed by atoms with E-state index >= 15 is 0 Å². The van der Waals surface area contributed by atoms with E-state index in [0.717, 1.165) is 5.56 Å². The fourth-order valence-electron chi connectivity index (χ4n) is 2.40. The predicted octanol–water partition coefficient (Wildman–Crippen LogP) is -0.460. The monoisotopic (exact) mass is 268 g/mol. The second kappa shape index (κ2) is 5.16. The quantitative estimate of drug-likeness (QED) is 0.687. The topological polar surface area (TPSA) is 88.4 Å². The van der Waals surface area contributed by atoms with Crippen LogP contribution in [0.3, 0.4) is 0 Å². The average molecular weight is 268 g/mol. The van der Waals surface area contributed by atoms with E-state index in [1.165, 1.54) is 0 Å². The van der Waals surface area contributed by atoms with E-state index in [-0.39, 0.29) is 0 Å². The largest absolute Gasteiger partial charge is 0.394 e. The molecule has 3 rings (SSSR count). The molecule has 0 saturated carbocycles. The predicted molar refractivity (Wildman–Crippen MR) is 62.9 cm³/mol. The molecule has 1 aromatic carbocycles. The SMILES string of the molecule is OC[C@H](O)[C@@H]1O[C@@H]2O[C@H](c3ccccc3)O[C@@H]2[C@@H]1O. The summed E-state index contributed by atoms with van der Waals surface area (Å²) in [6, 6.07) is 9.34. The van der Waals surface area contributed by atoms with Crippen molar-refractivity contribution in [2.45, 2.75) is 37.0 Å². The first-order valence-electron chi connectivity index (χ1n) is 6.19. The maximum absolute atomic E-state index is 10.0. The Bertz CT molecular complexity index is 424. The normalized spacial score (nSPS) is 39.2. The molecule has 3 N–H and O–H groups in total. The van der Waals surface area contributed by atoms with Crippen molar-refractivity contribution >= 4 is 0 Å². The van der Waals surface area contributed by atoms with Crippen LogP contribution in [0.2, 0.25) is 0 Å². The number of benzene rings is 1. The van der Waals surface area contributed by atoms with Gasteiger partial charge in [0.05, 0.1) is 6.61 Å². The zero-order valence-corrected chi connectivity index (χ0v) is 10.1. The van der Waals surface area contributed by atoms with Crippen LogP contribution in [0.25, 0.3) is 0 Å². The second-order valence-electron chi connectivity index (χ2n) is 4.69. The first-order chi connectivity index (χ1) is 9.20. The molecule has 2 aliphatic heterocycles. The molecule has 6 nitrogen and oxygen atoms in total. The highest BCUT2D eigenvalue weighted by Crippen LogP contribution is 2.39. The van der Waals surface area contributed by atoms with Crippen LogP contribution in [-0.2, 0) is 14.2 Å². The van der Waals surface area contributed by atoms with E-state index in [1.54, 1.807) is 0 Å². The number of hydrogen-bond donors (Lipinski definition) is 3. The molecule has 19 heavy (non-hydrogen) atoms. The van der Waals surface area contributed by atoms with Crippen LogP contribution in [0.4, 0.5) is 0 Å². The van der Waals surface area contributed by atoms with Crippen molar-refractivity contribution < 1.29 is 29.5 Å². The molecule has 2 fully saturated rings. The molecule has 0 spiro atoms. The minimum absolute atomic E-state index is 0.483. The summed E-state index contributed by atoms with van der Waals surface area (Å²) < 4.78 is 16.6. The highest BCUT2D eigenvalue weighted by molar-refractivity contribution is 5.17. The molecule has 0 radical (unpaired) electrons. The van der Waals surface area contributed by atoms with E-state index in [9.17, 15) is 10.2 Å². The summed E-state index contributed by atoms with van der Waals surface area (Å²) in [5, 5.41) is 28.4. The van der Waals surface area contributed by atoms with Crippen LogP contribution >= 0.6 is 0 Å². The lowest BCUT2D eigenvalue weighted by atomic mass is 10.1. The summed E-state index contributed by atoms with van der Waals surface area (Å²) in [6.07, 6.45) is -5.04. The van der Waals surface area contributed by atoms with Crippen LogP contribution in [-0.4, -0.2) is 52.6 Å². The third kappa shape index (κ3) is 2.27. The molecule has 0 aromatic heterocycles. The van der Waals surface area contributed by atoms with Crippen molar-refractivity contribution in [3.05, 3.63) is 35.9 Å². The maximum atomic E-state index is 10.0. The van der Waals surface area contributed by atoms with Crippen LogP contribution in [0, 0.1) is 0 Å². The Labute approximate surface area is 110 Å². The number of aliphatic hydroxyl groups is 3. The summed E-state index contributed by atoms with van der Waals surface area (Å²) in [6.45, 7) is -0.483. The van der Waals surface area contributed by atoms with Crippen LogP contribution in [0.5, 0.6) is 0 Å². The standard InChI is InChI=1S/C13H16O6/c14-6-8(15)10-9(16)11-13(17-10)19-12(18-11)7-4-2-1-3-5-7/h1-5,8-16H,6H2/t8-,9+,10-,11+,12+,13+/m0/s1. The van der Waals surface area contributed by atoms with Crippen LogP contribution < -0.4 is 0 Å². The fraction of sp³-hybridized carbons (Fsp3) is 0.538. The van der Waals surface area contributed by atoms with Gasteiger partial charge in [-0.15, -0.1) is 0 Å². The average Bonchev–Trinajstić information content (AvgIpc) is 2.99. The minimum atomic E-state index is -1.15. The van der Waals surface area contributed by atoms with Gasteiger partial charge in [-0.05, 0) is 0 Å². The van der Waals surface area contributed by atoms with Gasteiger partial charge in [-0.2, -0.15) is 0 Å². The first-order valence-corrected chi connectivity index (χ1v) is 6.19. The van der Waals surface area contributed by atoms with Gasteiger partial charge >= 0.3 is 0 Å². The highest BCUT2D eigenvalue weighted by atomic mass is 16.8. The van der Waals surface area contributed by atoms with E-state index in [2.05, 4.69) is 0 Å². The summed E-state index contributed by atoms with van der Waals surface area (Å²) in [5.74, 6) is 0. The zero-order chi connectivity index (χ0) is 13.4. The fourth-order valence-corrected chi connectivity index (χ4v) is 2.40. The Kier molecular flexibility index (Phi) is 3.53. The molecule has 0 aliphatic carbocycles. The Morgan fingerprint density at radius 3 is 2.47 bits per heavy atom. The van der Waals surface area contributed by atoms with Crippen molar-refractivity contribution in [2.24, 2.45) is 0 Å². The van der Waals surface area contributed by atoms with Crippen molar-refractivity contribution in [3.8, 4) is 0 Å². The van der Waals surface area contributed by atoms with Crippen molar-refractivity contribution in [3.63, 3.8) is 0 Å². The molecule has 0 amide bonds. The number of hydrogen-bond acceptors (Lipinski definition) is 6. The van der Waals surface area contributed by atoms with E-state index in [4.69, 9.17) is 19.3 Å². The summed E-state index contributed by atoms with van der Waals surface area (Å²) in [4.78, 5) is 0. The van der Waals surface area contributed by atoms with Gasteiger partial charge in [-0.3, -0.25) is 0 Å².